The Labute approximate surface area is 148 Å². The van der Waals surface area contributed by atoms with Crippen LogP contribution in [0.3, 0.4) is 0 Å². The summed E-state index contributed by atoms with van der Waals surface area (Å²) in [6.07, 6.45) is -0.916. The van der Waals surface area contributed by atoms with Gasteiger partial charge in [0, 0.05) is 16.7 Å². The van der Waals surface area contributed by atoms with Crippen LogP contribution in [0, 0.1) is 5.82 Å². The molecule has 0 saturated heterocycles. The number of nitrogens with zero attached hydrogens (tertiary/aromatic N) is 1. The van der Waals surface area contributed by atoms with Gasteiger partial charge in [0.2, 0.25) is 5.88 Å². The van der Waals surface area contributed by atoms with Crippen LogP contribution in [-0.4, -0.2) is 17.2 Å². The highest BCUT2D eigenvalue weighted by molar-refractivity contribution is 6.30. The standard InChI is InChI=1S/C18H14ClFN2O3/c1-11(24-16-5-3-2-4-14(16)20)18(23)21-17-10-15(22-25-17)12-6-8-13(19)9-7-12/h2-11H,1H3,(H,21,23)/t11-/m0/s1. The van der Waals surface area contributed by atoms with Crippen molar-refractivity contribution in [3.05, 3.63) is 65.4 Å². The summed E-state index contributed by atoms with van der Waals surface area (Å²) in [5.74, 6) is -0.850. The van der Waals surface area contributed by atoms with Crippen LogP contribution < -0.4 is 10.1 Å². The maximum atomic E-state index is 13.6. The van der Waals surface area contributed by atoms with Crippen molar-refractivity contribution in [1.29, 1.82) is 0 Å². The zero-order valence-corrected chi connectivity index (χ0v) is 14.0. The number of hydrogen-bond donors (Lipinski definition) is 1. The number of carbonyl (C=O) groups excluding carboxylic acids is 1. The van der Waals surface area contributed by atoms with Crippen molar-refractivity contribution in [3.63, 3.8) is 0 Å². The molecule has 0 aliphatic carbocycles. The molecule has 0 radical (unpaired) electrons. The zero-order chi connectivity index (χ0) is 17.8. The van der Waals surface area contributed by atoms with E-state index in [2.05, 4.69) is 10.5 Å². The Hall–Kier alpha value is -2.86. The Bertz CT molecular complexity index is 880. The van der Waals surface area contributed by atoms with Crippen LogP contribution in [0.25, 0.3) is 11.3 Å². The van der Waals surface area contributed by atoms with E-state index >= 15 is 0 Å². The fourth-order valence-corrected chi connectivity index (χ4v) is 2.22. The number of para-hydroxylation sites is 1. The Balaban J connectivity index is 1.65. The fourth-order valence-electron chi connectivity index (χ4n) is 2.10. The van der Waals surface area contributed by atoms with E-state index in [0.29, 0.717) is 10.7 Å². The molecule has 0 aliphatic heterocycles. The molecule has 25 heavy (non-hydrogen) atoms. The van der Waals surface area contributed by atoms with Gasteiger partial charge in [-0.25, -0.2) is 4.39 Å². The number of aromatic nitrogens is 1. The summed E-state index contributed by atoms with van der Waals surface area (Å²) in [6, 6.07) is 14.5. The molecule has 1 N–H and O–H groups in total. The maximum absolute atomic E-state index is 13.6. The molecule has 1 amide bonds. The highest BCUT2D eigenvalue weighted by atomic mass is 35.5. The molecular formula is C18H14ClFN2O3. The monoisotopic (exact) mass is 360 g/mol. The maximum Gasteiger partial charge on any atom is 0.267 e. The van der Waals surface area contributed by atoms with E-state index in [1.54, 1.807) is 42.5 Å². The second-order valence-electron chi connectivity index (χ2n) is 5.26. The first kappa shape index (κ1) is 17.0. The lowest BCUT2D eigenvalue weighted by Crippen LogP contribution is -2.30. The van der Waals surface area contributed by atoms with E-state index in [9.17, 15) is 9.18 Å². The predicted molar refractivity (Wildman–Crippen MR) is 92.1 cm³/mol. The molecule has 1 atom stereocenters. The molecule has 0 saturated carbocycles. The number of halogens is 2. The normalized spacial score (nSPS) is 11.8. The Kier molecular flexibility index (Phi) is 5.00. The summed E-state index contributed by atoms with van der Waals surface area (Å²) in [7, 11) is 0. The SMILES string of the molecule is C[C@H](Oc1ccccc1F)C(=O)Nc1cc(-c2ccc(Cl)cc2)no1. The lowest BCUT2D eigenvalue weighted by molar-refractivity contribution is -0.122. The van der Waals surface area contributed by atoms with Crippen LogP contribution in [0.5, 0.6) is 5.75 Å². The Morgan fingerprint density at radius 2 is 1.96 bits per heavy atom. The van der Waals surface area contributed by atoms with E-state index in [0.717, 1.165) is 5.56 Å². The van der Waals surface area contributed by atoms with E-state index in [1.807, 2.05) is 0 Å². The first-order valence-electron chi connectivity index (χ1n) is 7.47. The molecule has 3 aromatic rings. The van der Waals surface area contributed by atoms with Crippen LogP contribution in [0.2, 0.25) is 5.02 Å². The molecule has 0 unspecified atom stereocenters. The van der Waals surface area contributed by atoms with Gasteiger partial charge in [0.15, 0.2) is 17.7 Å². The van der Waals surface area contributed by atoms with Crippen LogP contribution in [-0.2, 0) is 4.79 Å². The molecule has 0 bridgehead atoms. The Morgan fingerprint density at radius 3 is 2.68 bits per heavy atom. The van der Waals surface area contributed by atoms with E-state index in [4.69, 9.17) is 20.9 Å². The first-order chi connectivity index (χ1) is 12.0. The third-order valence-electron chi connectivity index (χ3n) is 3.41. The minimum Gasteiger partial charge on any atom is -0.478 e. The second-order valence-corrected chi connectivity index (χ2v) is 5.70. The number of rotatable bonds is 5. The number of hydrogen-bond acceptors (Lipinski definition) is 4. The van der Waals surface area contributed by atoms with Gasteiger partial charge >= 0.3 is 0 Å². The van der Waals surface area contributed by atoms with Crippen molar-refractivity contribution < 1.29 is 18.4 Å². The van der Waals surface area contributed by atoms with Crippen LogP contribution in [0.15, 0.2) is 59.1 Å². The van der Waals surface area contributed by atoms with Crippen LogP contribution in [0.1, 0.15) is 6.92 Å². The van der Waals surface area contributed by atoms with Crippen LogP contribution >= 0.6 is 11.6 Å². The van der Waals surface area contributed by atoms with Gasteiger partial charge in [-0.1, -0.05) is 41.0 Å². The van der Waals surface area contributed by atoms with Crippen molar-refractivity contribution >= 4 is 23.4 Å². The van der Waals surface area contributed by atoms with Gasteiger partial charge in [-0.2, -0.15) is 0 Å². The van der Waals surface area contributed by atoms with Gasteiger partial charge in [0.25, 0.3) is 5.91 Å². The zero-order valence-electron chi connectivity index (χ0n) is 13.2. The first-order valence-corrected chi connectivity index (χ1v) is 7.85. The topological polar surface area (TPSA) is 64.4 Å². The average Bonchev–Trinajstić information content (AvgIpc) is 3.06. The largest absolute Gasteiger partial charge is 0.478 e. The van der Waals surface area contributed by atoms with Crippen LogP contribution in [0.4, 0.5) is 10.3 Å². The van der Waals surface area contributed by atoms with Crippen molar-refractivity contribution in [2.45, 2.75) is 13.0 Å². The molecule has 5 nitrogen and oxygen atoms in total. The molecule has 0 fully saturated rings. The average molecular weight is 361 g/mol. The van der Waals surface area contributed by atoms with Gasteiger partial charge < -0.3 is 9.26 Å². The van der Waals surface area contributed by atoms with E-state index < -0.39 is 17.8 Å². The minimum absolute atomic E-state index is 0.00423. The summed E-state index contributed by atoms with van der Waals surface area (Å²) in [5.41, 5.74) is 1.35. The third-order valence-corrected chi connectivity index (χ3v) is 3.66. The molecule has 3 rings (SSSR count). The van der Waals surface area contributed by atoms with Gasteiger partial charge in [0.05, 0.1) is 0 Å². The van der Waals surface area contributed by atoms with E-state index in [1.165, 1.54) is 19.1 Å². The van der Waals surface area contributed by atoms with Gasteiger partial charge in [-0.15, -0.1) is 0 Å². The number of carbonyl (C=O) groups is 1. The minimum atomic E-state index is -0.916. The van der Waals surface area contributed by atoms with Crippen molar-refractivity contribution in [1.82, 2.24) is 5.16 Å². The van der Waals surface area contributed by atoms with Crippen molar-refractivity contribution in [3.8, 4) is 17.0 Å². The molecule has 0 aliphatic rings. The van der Waals surface area contributed by atoms with Gasteiger partial charge in [0.1, 0.15) is 5.69 Å². The summed E-state index contributed by atoms with van der Waals surface area (Å²) in [4.78, 5) is 12.2. The predicted octanol–water partition coefficient (Wildman–Crippen LogP) is 4.54. The molecule has 7 heteroatoms. The number of ether oxygens (including phenoxy) is 1. The molecule has 1 aromatic heterocycles. The summed E-state index contributed by atoms with van der Waals surface area (Å²) in [6.45, 7) is 1.51. The highest BCUT2D eigenvalue weighted by Gasteiger charge is 2.18. The van der Waals surface area contributed by atoms with Gasteiger partial charge in [-0.3, -0.25) is 10.1 Å². The highest BCUT2D eigenvalue weighted by Crippen LogP contribution is 2.24. The summed E-state index contributed by atoms with van der Waals surface area (Å²) < 4.78 is 24.0. The number of nitrogens with one attached hydrogen (secondary N) is 1. The summed E-state index contributed by atoms with van der Waals surface area (Å²) in [5, 5.41) is 7.05. The number of amides is 1. The second kappa shape index (κ2) is 7.36. The van der Waals surface area contributed by atoms with Crippen molar-refractivity contribution in [2.75, 3.05) is 5.32 Å². The molecule has 0 spiro atoms. The molecule has 128 valence electrons. The molecular weight excluding hydrogens is 347 g/mol. The number of anilines is 1. The fraction of sp³-hybridized carbons (Fsp3) is 0.111. The molecule has 1 heterocycles. The van der Waals surface area contributed by atoms with Gasteiger partial charge in [-0.05, 0) is 31.2 Å². The Morgan fingerprint density at radius 1 is 1.24 bits per heavy atom. The number of benzene rings is 2. The third kappa shape index (κ3) is 4.16. The van der Waals surface area contributed by atoms with Crippen molar-refractivity contribution in [2.24, 2.45) is 0 Å². The summed E-state index contributed by atoms with van der Waals surface area (Å²) >= 11 is 5.84. The van der Waals surface area contributed by atoms with E-state index in [-0.39, 0.29) is 11.6 Å². The lowest BCUT2D eigenvalue weighted by Gasteiger charge is -2.13. The smallest absolute Gasteiger partial charge is 0.267 e. The quantitative estimate of drug-likeness (QED) is 0.725. The lowest BCUT2D eigenvalue weighted by atomic mass is 10.1. The molecule has 2 aromatic carbocycles.